The Morgan fingerprint density at radius 1 is 1.10 bits per heavy atom. The summed E-state index contributed by atoms with van der Waals surface area (Å²) in [5, 5.41) is 3.27. The SMILES string of the molecule is Cc1ccc(CNc2ccc(OC(C)C)cc2)cc1F. The van der Waals surface area contributed by atoms with Gasteiger partial charge in [-0.05, 0) is 62.2 Å². The number of halogens is 1. The molecule has 106 valence electrons. The Kier molecular flexibility index (Phi) is 4.61. The van der Waals surface area contributed by atoms with Crippen LogP contribution in [0.2, 0.25) is 0 Å². The lowest BCUT2D eigenvalue weighted by molar-refractivity contribution is 0.242. The zero-order valence-electron chi connectivity index (χ0n) is 12.1. The molecule has 2 nitrogen and oxygen atoms in total. The highest BCUT2D eigenvalue weighted by Gasteiger charge is 2.01. The van der Waals surface area contributed by atoms with Gasteiger partial charge in [-0.25, -0.2) is 4.39 Å². The van der Waals surface area contributed by atoms with E-state index >= 15 is 0 Å². The maximum absolute atomic E-state index is 13.4. The second kappa shape index (κ2) is 6.42. The molecule has 0 unspecified atom stereocenters. The van der Waals surface area contributed by atoms with Crippen molar-refractivity contribution >= 4 is 5.69 Å². The maximum atomic E-state index is 13.4. The molecule has 20 heavy (non-hydrogen) atoms. The Labute approximate surface area is 119 Å². The van der Waals surface area contributed by atoms with E-state index in [1.54, 1.807) is 19.1 Å². The lowest BCUT2D eigenvalue weighted by Crippen LogP contribution is -2.05. The third kappa shape index (κ3) is 3.98. The first-order valence-electron chi connectivity index (χ1n) is 6.80. The Hall–Kier alpha value is -2.03. The highest BCUT2D eigenvalue weighted by Crippen LogP contribution is 2.18. The van der Waals surface area contributed by atoms with Crippen LogP contribution >= 0.6 is 0 Å². The molecular weight excluding hydrogens is 253 g/mol. The summed E-state index contributed by atoms with van der Waals surface area (Å²) in [6.07, 6.45) is 0.171. The largest absolute Gasteiger partial charge is 0.491 e. The number of nitrogens with one attached hydrogen (secondary N) is 1. The third-order valence-electron chi connectivity index (χ3n) is 2.96. The van der Waals surface area contributed by atoms with Crippen molar-refractivity contribution in [2.75, 3.05) is 5.32 Å². The average Bonchev–Trinajstić information content (AvgIpc) is 2.41. The molecule has 2 rings (SSSR count). The maximum Gasteiger partial charge on any atom is 0.126 e. The number of rotatable bonds is 5. The minimum Gasteiger partial charge on any atom is -0.491 e. The van der Waals surface area contributed by atoms with Crippen LogP contribution in [0.25, 0.3) is 0 Å². The minimum absolute atomic E-state index is 0.162. The molecule has 0 saturated heterocycles. The molecule has 0 aliphatic rings. The molecule has 0 amide bonds. The zero-order valence-corrected chi connectivity index (χ0v) is 12.1. The summed E-state index contributed by atoms with van der Waals surface area (Å²) >= 11 is 0. The van der Waals surface area contributed by atoms with Gasteiger partial charge in [-0.1, -0.05) is 12.1 Å². The molecule has 1 N–H and O–H groups in total. The van der Waals surface area contributed by atoms with Crippen LogP contribution in [0.4, 0.5) is 10.1 Å². The lowest BCUT2D eigenvalue weighted by Gasteiger charge is -2.11. The van der Waals surface area contributed by atoms with E-state index in [-0.39, 0.29) is 11.9 Å². The molecule has 2 aromatic carbocycles. The Morgan fingerprint density at radius 2 is 1.80 bits per heavy atom. The van der Waals surface area contributed by atoms with Crippen molar-refractivity contribution in [1.29, 1.82) is 0 Å². The molecule has 0 bridgehead atoms. The lowest BCUT2D eigenvalue weighted by atomic mass is 10.1. The Bertz CT molecular complexity index is 564. The zero-order chi connectivity index (χ0) is 14.5. The monoisotopic (exact) mass is 273 g/mol. The molecule has 2 aromatic rings. The number of hydrogen-bond acceptors (Lipinski definition) is 2. The van der Waals surface area contributed by atoms with Gasteiger partial charge in [0.15, 0.2) is 0 Å². The fourth-order valence-electron chi connectivity index (χ4n) is 1.87. The number of benzene rings is 2. The Morgan fingerprint density at radius 3 is 2.40 bits per heavy atom. The van der Waals surface area contributed by atoms with Gasteiger partial charge in [0, 0.05) is 12.2 Å². The van der Waals surface area contributed by atoms with Gasteiger partial charge in [-0.2, -0.15) is 0 Å². The normalized spacial score (nSPS) is 10.7. The number of hydrogen-bond donors (Lipinski definition) is 1. The van der Waals surface area contributed by atoms with E-state index in [1.807, 2.05) is 44.2 Å². The first-order chi connectivity index (χ1) is 9.54. The average molecular weight is 273 g/mol. The van der Waals surface area contributed by atoms with Crippen molar-refractivity contribution in [3.05, 3.63) is 59.4 Å². The van der Waals surface area contributed by atoms with Crippen LogP contribution in [-0.4, -0.2) is 6.10 Å². The quantitative estimate of drug-likeness (QED) is 0.864. The van der Waals surface area contributed by atoms with E-state index in [4.69, 9.17) is 4.74 Å². The predicted molar refractivity (Wildman–Crippen MR) is 80.7 cm³/mol. The standard InChI is InChI=1S/C17H20FNO/c1-12(2)20-16-8-6-15(7-9-16)19-11-14-5-4-13(3)17(18)10-14/h4-10,12,19H,11H2,1-3H3. The van der Waals surface area contributed by atoms with Crippen LogP contribution in [-0.2, 0) is 6.54 Å². The molecule has 0 aliphatic carbocycles. The molecule has 0 radical (unpaired) electrons. The van der Waals surface area contributed by atoms with E-state index in [9.17, 15) is 4.39 Å². The van der Waals surface area contributed by atoms with Crippen molar-refractivity contribution in [1.82, 2.24) is 0 Å². The molecule has 0 spiro atoms. The van der Waals surface area contributed by atoms with Crippen molar-refractivity contribution in [3.8, 4) is 5.75 Å². The topological polar surface area (TPSA) is 21.3 Å². The van der Waals surface area contributed by atoms with Gasteiger partial charge in [0.05, 0.1) is 6.10 Å². The first-order valence-corrected chi connectivity index (χ1v) is 6.80. The smallest absolute Gasteiger partial charge is 0.126 e. The summed E-state index contributed by atoms with van der Waals surface area (Å²) < 4.78 is 19.0. The van der Waals surface area contributed by atoms with Gasteiger partial charge in [0.1, 0.15) is 11.6 Å². The summed E-state index contributed by atoms with van der Waals surface area (Å²) in [6.45, 7) is 6.36. The van der Waals surface area contributed by atoms with Gasteiger partial charge in [0.2, 0.25) is 0 Å². The van der Waals surface area contributed by atoms with Crippen molar-refractivity contribution in [2.45, 2.75) is 33.4 Å². The number of ether oxygens (including phenoxy) is 1. The van der Waals surface area contributed by atoms with Crippen LogP contribution in [0.5, 0.6) is 5.75 Å². The second-order valence-corrected chi connectivity index (χ2v) is 5.13. The summed E-state index contributed by atoms with van der Waals surface area (Å²) in [6, 6.07) is 13.1. The summed E-state index contributed by atoms with van der Waals surface area (Å²) in [7, 11) is 0. The van der Waals surface area contributed by atoms with Crippen LogP contribution in [0.3, 0.4) is 0 Å². The summed E-state index contributed by atoms with van der Waals surface area (Å²) in [5.74, 6) is 0.692. The van der Waals surface area contributed by atoms with Gasteiger partial charge in [0.25, 0.3) is 0 Å². The van der Waals surface area contributed by atoms with Crippen LogP contribution in [0, 0.1) is 12.7 Å². The molecule has 0 heterocycles. The van der Waals surface area contributed by atoms with E-state index in [0.29, 0.717) is 12.1 Å². The van der Waals surface area contributed by atoms with Crippen LogP contribution < -0.4 is 10.1 Å². The fourth-order valence-corrected chi connectivity index (χ4v) is 1.87. The highest BCUT2D eigenvalue weighted by atomic mass is 19.1. The summed E-state index contributed by atoms with van der Waals surface area (Å²) in [4.78, 5) is 0. The van der Waals surface area contributed by atoms with Gasteiger partial charge in [-0.15, -0.1) is 0 Å². The molecule has 0 aromatic heterocycles. The molecule has 0 atom stereocenters. The van der Waals surface area contributed by atoms with Gasteiger partial charge < -0.3 is 10.1 Å². The third-order valence-corrected chi connectivity index (χ3v) is 2.96. The molecule has 0 saturated carbocycles. The van der Waals surface area contributed by atoms with E-state index < -0.39 is 0 Å². The van der Waals surface area contributed by atoms with Crippen molar-refractivity contribution in [3.63, 3.8) is 0 Å². The minimum atomic E-state index is -0.162. The molecule has 3 heteroatoms. The number of anilines is 1. The van der Waals surface area contributed by atoms with E-state index in [2.05, 4.69) is 5.32 Å². The molecule has 0 fully saturated rings. The first kappa shape index (κ1) is 14.4. The second-order valence-electron chi connectivity index (χ2n) is 5.13. The fraction of sp³-hybridized carbons (Fsp3) is 0.294. The number of aryl methyl sites for hydroxylation is 1. The van der Waals surface area contributed by atoms with Crippen molar-refractivity contribution in [2.24, 2.45) is 0 Å². The van der Waals surface area contributed by atoms with E-state index in [1.165, 1.54) is 0 Å². The molecular formula is C17H20FNO. The highest BCUT2D eigenvalue weighted by molar-refractivity contribution is 5.47. The van der Waals surface area contributed by atoms with Crippen LogP contribution in [0.1, 0.15) is 25.0 Å². The predicted octanol–water partition coefficient (Wildman–Crippen LogP) is 4.53. The van der Waals surface area contributed by atoms with E-state index in [0.717, 1.165) is 17.0 Å². The molecule has 0 aliphatic heterocycles. The van der Waals surface area contributed by atoms with Gasteiger partial charge in [-0.3, -0.25) is 0 Å². The van der Waals surface area contributed by atoms with Crippen molar-refractivity contribution < 1.29 is 9.13 Å². The summed E-state index contributed by atoms with van der Waals surface area (Å²) in [5.41, 5.74) is 2.58. The Balaban J connectivity index is 1.95. The van der Waals surface area contributed by atoms with Crippen LogP contribution in [0.15, 0.2) is 42.5 Å². The van der Waals surface area contributed by atoms with Gasteiger partial charge >= 0.3 is 0 Å².